The van der Waals surface area contributed by atoms with Crippen LogP contribution in [-0.4, -0.2) is 53.9 Å². The van der Waals surface area contributed by atoms with Gasteiger partial charge in [-0.1, -0.05) is 11.6 Å². The van der Waals surface area contributed by atoms with Gasteiger partial charge in [-0.3, -0.25) is 9.78 Å². The van der Waals surface area contributed by atoms with Gasteiger partial charge in [0.2, 0.25) is 0 Å². The molecule has 0 N–H and O–H groups in total. The van der Waals surface area contributed by atoms with Crippen LogP contribution in [0.3, 0.4) is 0 Å². The van der Waals surface area contributed by atoms with E-state index in [-0.39, 0.29) is 11.9 Å². The van der Waals surface area contributed by atoms with Crippen molar-refractivity contribution in [2.75, 3.05) is 27.2 Å². The summed E-state index contributed by atoms with van der Waals surface area (Å²) in [6, 6.07) is 3.55. The normalized spacial score (nSPS) is 20.7. The first-order chi connectivity index (χ1) is 8.58. The van der Waals surface area contributed by atoms with E-state index in [1.807, 2.05) is 7.05 Å². The zero-order valence-electron chi connectivity index (χ0n) is 10.8. The number of likely N-dealkylation sites (N-methyl/N-ethyl adjacent to an activating group) is 2. The van der Waals surface area contributed by atoms with E-state index in [1.165, 1.54) is 0 Å². The third-order valence-corrected chi connectivity index (χ3v) is 3.64. The molecule has 1 aliphatic heterocycles. The highest BCUT2D eigenvalue weighted by atomic mass is 35.5. The zero-order chi connectivity index (χ0) is 13.1. The first kappa shape index (κ1) is 13.3. The Kier molecular flexibility index (Phi) is 4.19. The molecule has 1 unspecified atom stereocenters. The minimum Gasteiger partial charge on any atom is -0.336 e. The summed E-state index contributed by atoms with van der Waals surface area (Å²) in [5, 5.41) is 0.544. The number of carbonyl (C=O) groups excluding carboxylic acids is 1. The fraction of sp³-hybridized carbons (Fsp3) is 0.538. The smallest absolute Gasteiger partial charge is 0.272 e. The summed E-state index contributed by atoms with van der Waals surface area (Å²) in [6.07, 6.45) is 3.74. The summed E-state index contributed by atoms with van der Waals surface area (Å²) in [5.74, 6) is -0.0576. The number of likely N-dealkylation sites (tertiary alicyclic amines) is 1. The van der Waals surface area contributed by atoms with Crippen molar-refractivity contribution in [3.8, 4) is 0 Å². The number of rotatable bonds is 2. The van der Waals surface area contributed by atoms with Gasteiger partial charge in [-0.15, -0.1) is 0 Å². The molecule has 5 heteroatoms. The summed E-state index contributed by atoms with van der Waals surface area (Å²) in [4.78, 5) is 20.4. The molecule has 0 bridgehead atoms. The van der Waals surface area contributed by atoms with Gasteiger partial charge < -0.3 is 9.80 Å². The van der Waals surface area contributed by atoms with Gasteiger partial charge in [0, 0.05) is 30.9 Å². The lowest BCUT2D eigenvalue weighted by atomic mass is 10.0. The second kappa shape index (κ2) is 5.67. The van der Waals surface area contributed by atoms with Crippen LogP contribution in [0.4, 0.5) is 0 Å². The molecule has 1 amide bonds. The quantitative estimate of drug-likeness (QED) is 0.821. The van der Waals surface area contributed by atoms with Crippen molar-refractivity contribution < 1.29 is 4.79 Å². The van der Waals surface area contributed by atoms with Crippen molar-refractivity contribution in [3.05, 3.63) is 29.0 Å². The van der Waals surface area contributed by atoms with Crippen LogP contribution < -0.4 is 0 Å². The largest absolute Gasteiger partial charge is 0.336 e. The Hall–Kier alpha value is -1.13. The Balaban J connectivity index is 2.08. The monoisotopic (exact) mass is 267 g/mol. The van der Waals surface area contributed by atoms with Crippen LogP contribution in [0, 0.1) is 0 Å². The summed E-state index contributed by atoms with van der Waals surface area (Å²) < 4.78 is 0. The molecule has 0 aromatic carbocycles. The summed E-state index contributed by atoms with van der Waals surface area (Å²) >= 11 is 5.88. The molecule has 0 radical (unpaired) electrons. The van der Waals surface area contributed by atoms with Crippen LogP contribution >= 0.6 is 11.6 Å². The van der Waals surface area contributed by atoms with E-state index in [9.17, 15) is 4.79 Å². The van der Waals surface area contributed by atoms with Crippen molar-refractivity contribution in [1.82, 2.24) is 14.8 Å². The predicted molar refractivity (Wildman–Crippen MR) is 71.9 cm³/mol. The lowest BCUT2D eigenvalue weighted by Gasteiger charge is -2.35. The molecule has 18 heavy (non-hydrogen) atoms. The third kappa shape index (κ3) is 3.00. The maximum atomic E-state index is 12.3. The first-order valence-corrected chi connectivity index (χ1v) is 6.53. The van der Waals surface area contributed by atoms with Gasteiger partial charge in [-0.05, 0) is 38.6 Å². The minimum atomic E-state index is -0.0576. The van der Waals surface area contributed by atoms with Gasteiger partial charge in [-0.2, -0.15) is 0 Å². The molecule has 1 aromatic heterocycles. The number of piperidine rings is 1. The van der Waals surface area contributed by atoms with Crippen LogP contribution in [0.15, 0.2) is 18.3 Å². The fourth-order valence-corrected chi connectivity index (χ4v) is 2.48. The Bertz CT molecular complexity index is 438. The van der Waals surface area contributed by atoms with Gasteiger partial charge in [0.15, 0.2) is 0 Å². The lowest BCUT2D eigenvalue weighted by molar-refractivity contribution is 0.0638. The lowest BCUT2D eigenvalue weighted by Crippen LogP contribution is -2.47. The van der Waals surface area contributed by atoms with Crippen molar-refractivity contribution in [2.24, 2.45) is 0 Å². The number of hydrogen-bond acceptors (Lipinski definition) is 3. The fourth-order valence-electron chi connectivity index (χ4n) is 2.32. The van der Waals surface area contributed by atoms with Crippen LogP contribution in [0.25, 0.3) is 0 Å². The third-order valence-electron chi connectivity index (χ3n) is 3.41. The van der Waals surface area contributed by atoms with Gasteiger partial charge in [0.1, 0.15) is 5.69 Å². The average Bonchev–Trinajstić information content (AvgIpc) is 2.37. The minimum absolute atomic E-state index is 0.0576. The zero-order valence-corrected chi connectivity index (χ0v) is 11.5. The number of halogens is 1. The molecule has 1 saturated heterocycles. The Morgan fingerprint density at radius 2 is 2.39 bits per heavy atom. The summed E-state index contributed by atoms with van der Waals surface area (Å²) in [6.45, 7) is 2.02. The average molecular weight is 268 g/mol. The summed E-state index contributed by atoms with van der Waals surface area (Å²) in [5.41, 5.74) is 0.415. The molecule has 1 aliphatic rings. The molecule has 0 spiro atoms. The molecular formula is C13H18ClN3O. The van der Waals surface area contributed by atoms with E-state index < -0.39 is 0 Å². The van der Waals surface area contributed by atoms with Gasteiger partial charge in [0.05, 0.1) is 0 Å². The number of pyridine rings is 1. The van der Waals surface area contributed by atoms with Crippen molar-refractivity contribution >= 4 is 17.5 Å². The SMILES string of the molecule is CN1CCCC(N(C)C(=O)c2cc(Cl)ccn2)C1. The molecule has 2 heterocycles. The van der Waals surface area contributed by atoms with E-state index in [2.05, 4.69) is 16.9 Å². The van der Waals surface area contributed by atoms with E-state index in [4.69, 9.17) is 11.6 Å². The predicted octanol–water partition coefficient (Wildman–Crippen LogP) is 1.90. The van der Waals surface area contributed by atoms with Crippen molar-refractivity contribution in [3.63, 3.8) is 0 Å². The summed E-state index contributed by atoms with van der Waals surface area (Å²) in [7, 11) is 3.93. The maximum absolute atomic E-state index is 12.3. The molecule has 0 saturated carbocycles. The number of nitrogens with zero attached hydrogens (tertiary/aromatic N) is 3. The second-order valence-electron chi connectivity index (χ2n) is 4.83. The number of carbonyl (C=O) groups is 1. The highest BCUT2D eigenvalue weighted by molar-refractivity contribution is 6.30. The van der Waals surface area contributed by atoms with Crippen LogP contribution in [-0.2, 0) is 0 Å². The number of amides is 1. The Morgan fingerprint density at radius 1 is 1.61 bits per heavy atom. The van der Waals surface area contributed by atoms with Gasteiger partial charge in [-0.25, -0.2) is 0 Å². The molecular weight excluding hydrogens is 250 g/mol. The number of aromatic nitrogens is 1. The Labute approximate surface area is 113 Å². The van der Waals surface area contributed by atoms with Crippen molar-refractivity contribution in [1.29, 1.82) is 0 Å². The molecule has 1 aromatic rings. The van der Waals surface area contributed by atoms with E-state index >= 15 is 0 Å². The van der Waals surface area contributed by atoms with E-state index in [0.29, 0.717) is 10.7 Å². The maximum Gasteiger partial charge on any atom is 0.272 e. The molecule has 1 fully saturated rings. The first-order valence-electron chi connectivity index (χ1n) is 6.15. The molecule has 4 nitrogen and oxygen atoms in total. The van der Waals surface area contributed by atoms with Crippen LogP contribution in [0.2, 0.25) is 5.02 Å². The highest BCUT2D eigenvalue weighted by Gasteiger charge is 2.25. The van der Waals surface area contributed by atoms with Crippen molar-refractivity contribution in [2.45, 2.75) is 18.9 Å². The van der Waals surface area contributed by atoms with E-state index in [0.717, 1.165) is 25.9 Å². The Morgan fingerprint density at radius 3 is 3.06 bits per heavy atom. The highest BCUT2D eigenvalue weighted by Crippen LogP contribution is 2.16. The van der Waals surface area contributed by atoms with Crippen LogP contribution in [0.5, 0.6) is 0 Å². The number of hydrogen-bond donors (Lipinski definition) is 0. The molecule has 98 valence electrons. The topological polar surface area (TPSA) is 36.4 Å². The standard InChI is InChI=1S/C13H18ClN3O/c1-16-7-3-4-11(9-16)17(2)13(18)12-8-10(14)5-6-15-12/h5-6,8,11H,3-4,7,9H2,1-2H3. The van der Waals surface area contributed by atoms with Crippen LogP contribution in [0.1, 0.15) is 23.3 Å². The molecule has 1 atom stereocenters. The molecule has 0 aliphatic carbocycles. The molecule has 2 rings (SSSR count). The second-order valence-corrected chi connectivity index (χ2v) is 5.27. The van der Waals surface area contributed by atoms with Gasteiger partial charge in [0.25, 0.3) is 5.91 Å². The van der Waals surface area contributed by atoms with E-state index in [1.54, 1.807) is 23.2 Å². The van der Waals surface area contributed by atoms with Gasteiger partial charge >= 0.3 is 0 Å².